The third-order valence-corrected chi connectivity index (χ3v) is 5.60. The zero-order chi connectivity index (χ0) is 20.6. The van der Waals surface area contributed by atoms with Crippen LogP contribution in [-0.4, -0.2) is 69.2 Å². The van der Waals surface area contributed by atoms with Gasteiger partial charge in [-0.15, -0.1) is 0 Å². The van der Waals surface area contributed by atoms with E-state index in [1.165, 1.54) is 0 Å². The minimum absolute atomic E-state index is 0.0452. The highest BCUT2D eigenvalue weighted by Crippen LogP contribution is 2.30. The molecule has 1 heterocycles. The summed E-state index contributed by atoms with van der Waals surface area (Å²) in [5, 5.41) is 3.12. The van der Waals surface area contributed by atoms with Gasteiger partial charge in [0.2, 0.25) is 0 Å². The van der Waals surface area contributed by atoms with Crippen LogP contribution in [0.5, 0.6) is 11.5 Å². The molecule has 1 saturated heterocycles. The Morgan fingerprint density at radius 3 is 2.24 bits per heavy atom. The summed E-state index contributed by atoms with van der Waals surface area (Å²) in [4.78, 5) is 17.7. The molecule has 1 N–H and O–H groups in total. The SMILES string of the molecule is CCN1CCN(C(CNC(=O)c2ccccc2OC)c2ccccc2OC)CC1. The summed E-state index contributed by atoms with van der Waals surface area (Å²) in [6.07, 6.45) is 0. The first-order valence-electron chi connectivity index (χ1n) is 10.2. The van der Waals surface area contributed by atoms with Gasteiger partial charge in [-0.3, -0.25) is 9.69 Å². The number of methoxy groups -OCH3 is 2. The Labute approximate surface area is 173 Å². The fourth-order valence-corrected chi connectivity index (χ4v) is 3.89. The number of carbonyl (C=O) groups excluding carboxylic acids is 1. The second-order valence-electron chi connectivity index (χ2n) is 7.14. The lowest BCUT2D eigenvalue weighted by atomic mass is 10.0. The standard InChI is InChI=1S/C23H31N3O3/c1-4-25-13-15-26(16-14-25)20(18-9-5-7-11-21(18)28-2)17-24-23(27)19-10-6-8-12-22(19)29-3/h5-12,20H,4,13-17H2,1-3H3,(H,24,27). The predicted octanol–water partition coefficient (Wildman–Crippen LogP) is 2.81. The van der Waals surface area contributed by atoms with Crippen molar-refractivity contribution in [1.82, 2.24) is 15.1 Å². The summed E-state index contributed by atoms with van der Waals surface area (Å²) in [6.45, 7) is 7.75. The molecule has 1 amide bonds. The van der Waals surface area contributed by atoms with Crippen LogP contribution in [0.2, 0.25) is 0 Å². The number of ether oxygens (including phenoxy) is 2. The lowest BCUT2D eigenvalue weighted by Gasteiger charge is -2.39. The maximum absolute atomic E-state index is 12.8. The summed E-state index contributed by atoms with van der Waals surface area (Å²) in [7, 11) is 3.27. The molecule has 6 nitrogen and oxygen atoms in total. The monoisotopic (exact) mass is 397 g/mol. The van der Waals surface area contributed by atoms with Gasteiger partial charge in [0.25, 0.3) is 5.91 Å². The molecular formula is C23H31N3O3. The Morgan fingerprint density at radius 2 is 1.59 bits per heavy atom. The van der Waals surface area contributed by atoms with E-state index in [0.717, 1.165) is 44.0 Å². The summed E-state index contributed by atoms with van der Waals surface area (Å²) >= 11 is 0. The Balaban J connectivity index is 1.79. The molecule has 6 heteroatoms. The van der Waals surface area contributed by atoms with Gasteiger partial charge in [0, 0.05) is 38.3 Å². The molecule has 0 aromatic heterocycles. The molecule has 0 radical (unpaired) electrons. The zero-order valence-electron chi connectivity index (χ0n) is 17.6. The molecule has 0 spiro atoms. The molecule has 3 rings (SSSR count). The van der Waals surface area contributed by atoms with E-state index in [9.17, 15) is 4.79 Å². The maximum atomic E-state index is 12.8. The average Bonchev–Trinajstić information content (AvgIpc) is 2.79. The molecule has 0 aliphatic carbocycles. The fourth-order valence-electron chi connectivity index (χ4n) is 3.89. The number of carbonyl (C=O) groups is 1. The van der Waals surface area contributed by atoms with E-state index in [0.29, 0.717) is 17.9 Å². The molecule has 2 aromatic carbocycles. The molecule has 0 bridgehead atoms. The van der Waals surface area contributed by atoms with Gasteiger partial charge in [-0.2, -0.15) is 0 Å². The van der Waals surface area contributed by atoms with Crippen LogP contribution in [0.25, 0.3) is 0 Å². The number of para-hydroxylation sites is 2. The lowest BCUT2D eigenvalue weighted by molar-refractivity contribution is 0.0848. The topological polar surface area (TPSA) is 54.0 Å². The van der Waals surface area contributed by atoms with E-state index < -0.39 is 0 Å². The van der Waals surface area contributed by atoms with Crippen LogP contribution >= 0.6 is 0 Å². The number of rotatable bonds is 8. The van der Waals surface area contributed by atoms with E-state index >= 15 is 0 Å². The van der Waals surface area contributed by atoms with Crippen LogP contribution in [-0.2, 0) is 0 Å². The van der Waals surface area contributed by atoms with Gasteiger partial charge in [0.1, 0.15) is 11.5 Å². The molecular weight excluding hydrogens is 366 g/mol. The summed E-state index contributed by atoms with van der Waals surface area (Å²) in [6, 6.07) is 15.4. The van der Waals surface area contributed by atoms with Crippen molar-refractivity contribution >= 4 is 5.91 Å². The number of nitrogens with one attached hydrogen (secondary N) is 1. The first kappa shape index (κ1) is 21.1. The van der Waals surface area contributed by atoms with Crippen molar-refractivity contribution in [2.45, 2.75) is 13.0 Å². The number of piperazine rings is 1. The Hall–Kier alpha value is -2.57. The largest absolute Gasteiger partial charge is 0.496 e. The number of hydrogen-bond acceptors (Lipinski definition) is 5. The smallest absolute Gasteiger partial charge is 0.255 e. The van der Waals surface area contributed by atoms with Gasteiger partial charge in [0.05, 0.1) is 25.8 Å². The van der Waals surface area contributed by atoms with Gasteiger partial charge in [-0.1, -0.05) is 37.3 Å². The third kappa shape index (κ3) is 5.08. The minimum atomic E-state index is -0.130. The van der Waals surface area contributed by atoms with Crippen molar-refractivity contribution in [2.24, 2.45) is 0 Å². The Kier molecular flexibility index (Phi) is 7.49. The van der Waals surface area contributed by atoms with E-state index in [4.69, 9.17) is 9.47 Å². The summed E-state index contributed by atoms with van der Waals surface area (Å²) < 4.78 is 11.0. The number of nitrogens with zero attached hydrogens (tertiary/aromatic N) is 2. The van der Waals surface area contributed by atoms with Crippen molar-refractivity contribution in [2.75, 3.05) is 53.5 Å². The molecule has 1 unspecified atom stereocenters. The third-order valence-electron chi connectivity index (χ3n) is 5.60. The van der Waals surface area contributed by atoms with Crippen molar-refractivity contribution in [3.63, 3.8) is 0 Å². The highest BCUT2D eigenvalue weighted by molar-refractivity contribution is 5.96. The molecule has 0 saturated carbocycles. The molecule has 1 atom stereocenters. The van der Waals surface area contributed by atoms with Gasteiger partial charge in [0.15, 0.2) is 0 Å². The van der Waals surface area contributed by atoms with Crippen LogP contribution in [0.3, 0.4) is 0 Å². The highest BCUT2D eigenvalue weighted by Gasteiger charge is 2.27. The number of hydrogen-bond donors (Lipinski definition) is 1. The number of amides is 1. The van der Waals surface area contributed by atoms with Crippen LogP contribution in [0, 0.1) is 0 Å². The zero-order valence-corrected chi connectivity index (χ0v) is 17.6. The predicted molar refractivity (Wildman–Crippen MR) is 115 cm³/mol. The van der Waals surface area contributed by atoms with Gasteiger partial charge in [-0.25, -0.2) is 0 Å². The molecule has 1 aliphatic rings. The van der Waals surface area contributed by atoms with E-state index in [1.54, 1.807) is 26.4 Å². The first-order valence-corrected chi connectivity index (χ1v) is 10.2. The van der Waals surface area contributed by atoms with Crippen molar-refractivity contribution in [3.8, 4) is 11.5 Å². The van der Waals surface area contributed by atoms with Gasteiger partial charge < -0.3 is 19.7 Å². The first-order chi connectivity index (χ1) is 14.2. The van der Waals surface area contributed by atoms with Gasteiger partial charge >= 0.3 is 0 Å². The fraction of sp³-hybridized carbons (Fsp3) is 0.435. The van der Waals surface area contributed by atoms with Crippen molar-refractivity contribution in [3.05, 3.63) is 59.7 Å². The maximum Gasteiger partial charge on any atom is 0.255 e. The minimum Gasteiger partial charge on any atom is -0.496 e. The van der Waals surface area contributed by atoms with Crippen LogP contribution in [0.15, 0.2) is 48.5 Å². The van der Waals surface area contributed by atoms with Crippen molar-refractivity contribution < 1.29 is 14.3 Å². The normalized spacial score (nSPS) is 16.2. The highest BCUT2D eigenvalue weighted by atomic mass is 16.5. The number of likely N-dealkylation sites (N-methyl/N-ethyl adjacent to an activating group) is 1. The van der Waals surface area contributed by atoms with Crippen LogP contribution < -0.4 is 14.8 Å². The Bertz CT molecular complexity index is 803. The molecule has 29 heavy (non-hydrogen) atoms. The second-order valence-corrected chi connectivity index (χ2v) is 7.14. The molecule has 1 fully saturated rings. The van der Waals surface area contributed by atoms with Crippen LogP contribution in [0.1, 0.15) is 28.9 Å². The van der Waals surface area contributed by atoms with E-state index in [2.05, 4.69) is 28.1 Å². The summed E-state index contributed by atoms with van der Waals surface area (Å²) in [5.74, 6) is 1.30. The average molecular weight is 398 g/mol. The van der Waals surface area contributed by atoms with Gasteiger partial charge in [-0.05, 0) is 24.7 Å². The Morgan fingerprint density at radius 1 is 0.966 bits per heavy atom. The molecule has 1 aliphatic heterocycles. The lowest BCUT2D eigenvalue weighted by Crippen LogP contribution is -2.49. The van der Waals surface area contributed by atoms with E-state index in [1.807, 2.05) is 30.3 Å². The second kappa shape index (κ2) is 10.3. The molecule has 2 aromatic rings. The summed E-state index contributed by atoms with van der Waals surface area (Å²) in [5.41, 5.74) is 1.64. The quantitative estimate of drug-likeness (QED) is 0.742. The van der Waals surface area contributed by atoms with Crippen LogP contribution in [0.4, 0.5) is 0 Å². The number of benzene rings is 2. The van der Waals surface area contributed by atoms with Crippen molar-refractivity contribution in [1.29, 1.82) is 0 Å². The van der Waals surface area contributed by atoms with E-state index in [-0.39, 0.29) is 11.9 Å². The molecule has 156 valence electrons.